The average Bonchev–Trinajstić information content (AvgIpc) is 1.51. The Bertz CT molecular complexity index is 8750. The lowest BCUT2D eigenvalue weighted by atomic mass is 9.64. The summed E-state index contributed by atoms with van der Waals surface area (Å²) in [6.07, 6.45) is 0. The molecule has 4 aliphatic rings. The van der Waals surface area contributed by atoms with Crippen molar-refractivity contribution in [2.45, 2.75) is 10.8 Å². The van der Waals surface area contributed by atoms with Gasteiger partial charge in [0.2, 0.25) is 0 Å². The summed E-state index contributed by atoms with van der Waals surface area (Å²) in [5.74, 6) is 0. The Balaban J connectivity index is 0.000000141. The van der Waals surface area contributed by atoms with E-state index in [-0.39, 0.29) is 0 Å². The number of benzene rings is 22. The smallest absolute Gasteiger partial charge is 0.159 e. The molecule has 0 atom stereocenters. The molecular weight excluding hydrogens is 1700 g/mol. The summed E-state index contributed by atoms with van der Waals surface area (Å²) in [6.45, 7) is 0. The molecule has 0 amide bonds. The van der Waals surface area contributed by atoms with Gasteiger partial charge in [0, 0.05) is 66.7 Å². The molecule has 656 valence electrons. The molecule has 6 heteroatoms. The Labute approximate surface area is 813 Å². The van der Waals surface area contributed by atoms with E-state index in [4.69, 9.17) is 8.83 Å². The first-order valence-electron chi connectivity index (χ1n) is 48.2. The normalized spacial score (nSPS) is 12.9. The van der Waals surface area contributed by atoms with E-state index in [1.807, 2.05) is 0 Å². The van der Waals surface area contributed by atoms with E-state index in [2.05, 4.69) is 553 Å². The van der Waals surface area contributed by atoms with Gasteiger partial charge in [-0.15, -0.1) is 0 Å². The lowest BCUT2D eigenvalue weighted by Crippen LogP contribution is -2.36. The summed E-state index contributed by atoms with van der Waals surface area (Å²) in [4.78, 5) is 9.58. The summed E-state index contributed by atoms with van der Waals surface area (Å²) in [5.41, 5.74) is 44.3. The molecule has 140 heavy (non-hydrogen) atoms. The molecule has 28 rings (SSSR count). The van der Waals surface area contributed by atoms with Gasteiger partial charge in [-0.1, -0.05) is 419 Å². The van der Waals surface area contributed by atoms with Crippen molar-refractivity contribution >= 4 is 112 Å². The fourth-order valence-electron chi connectivity index (χ4n) is 23.3. The van der Waals surface area contributed by atoms with Crippen LogP contribution in [0.15, 0.2) is 543 Å². The Kier molecular flexibility index (Phi) is 19.3. The zero-order chi connectivity index (χ0) is 92.4. The van der Waals surface area contributed by atoms with Gasteiger partial charge in [-0.2, -0.15) is 0 Å². The van der Waals surface area contributed by atoms with Gasteiger partial charge in [0.1, 0.15) is 11.2 Å². The maximum atomic E-state index is 7.38. The van der Waals surface area contributed by atoms with Crippen molar-refractivity contribution < 1.29 is 8.83 Å². The predicted molar refractivity (Wildman–Crippen MR) is 581 cm³/mol. The van der Waals surface area contributed by atoms with E-state index >= 15 is 0 Å². The molecule has 0 N–H and O–H groups in total. The highest BCUT2D eigenvalue weighted by Gasteiger charge is 2.54. The van der Waals surface area contributed by atoms with E-state index in [0.29, 0.717) is 0 Å². The third-order valence-corrected chi connectivity index (χ3v) is 29.4. The average molecular weight is 1790 g/mol. The SMILES string of the molecule is c1ccc(-c2ccc(N(c3ccc(-c4ccccc4)cc3)c3cccc4c3oc3c(-c5ccc6c(c5)C5(c7ccccc7-6)c6ccccc6N(c6ccccc6)c6ccccc65)cccc34)cc2)cc1.c1ccc(-c2ccc(N(c3ccccc3-c3ccccc3)c3cccc4c3oc3c(-c5ccc6c(c5)C5(c7ccccc7-6)c6ccccc6N(c6ccccc6)c6ccccc65)cccc34)cc2)cc1. The van der Waals surface area contributed by atoms with Gasteiger partial charge in [0.25, 0.3) is 0 Å². The van der Waals surface area contributed by atoms with Gasteiger partial charge in [0.15, 0.2) is 11.2 Å². The van der Waals surface area contributed by atoms with Crippen LogP contribution in [0.3, 0.4) is 0 Å². The fraction of sp³-hybridized carbons (Fsp3) is 0.0149. The molecule has 4 heterocycles. The third kappa shape index (κ3) is 12.8. The highest BCUT2D eigenvalue weighted by molar-refractivity contribution is 6.16. The van der Waals surface area contributed by atoms with Crippen molar-refractivity contribution in [1.82, 2.24) is 0 Å². The maximum absolute atomic E-state index is 7.38. The van der Waals surface area contributed by atoms with Crippen LogP contribution in [0.25, 0.3) is 133 Å². The molecule has 2 aliphatic carbocycles. The topological polar surface area (TPSA) is 39.2 Å². The number of rotatable bonds is 14. The van der Waals surface area contributed by atoms with Crippen molar-refractivity contribution in [2.75, 3.05) is 19.6 Å². The van der Waals surface area contributed by atoms with Crippen LogP contribution >= 0.6 is 0 Å². The standard InChI is InChI=1S/2C67H44N2O/c1-4-20-45(21-5-1)46-38-41-50(42-39-46)68(61-34-15-11-26-51(61)47-22-6-2-7-23-47)64-37-19-30-56-55-29-18-28-52(65(55)70-66(56)64)48-40-43-54-53-27-10-12-31-57(53)67(60(54)44-48)58-32-13-16-35-62(58)69(49-24-8-3-9-25-49)63-36-17-14-33-59(63)67;1-4-18-45(19-5-1)47-34-39-51(40-35-47)68(52-41-36-48(37-42-52)46-20-6-2-7-21-46)64-33-17-27-57-56-26-16-25-53(65(56)70-66(57)64)49-38-43-55-54-24-10-11-28-58(54)67(61(55)44-49)59-29-12-14-31-62(59)69(50-22-8-3-9-23-50)63-32-15-13-30-60(63)67/h2*1-44H. The Hall–Kier alpha value is -18.4. The molecule has 6 nitrogen and oxygen atoms in total. The number of anilines is 12. The van der Waals surface area contributed by atoms with Gasteiger partial charge in [-0.05, 0) is 232 Å². The minimum absolute atomic E-state index is 0.567. The maximum Gasteiger partial charge on any atom is 0.159 e. The summed E-state index contributed by atoms with van der Waals surface area (Å²) in [5, 5.41) is 4.30. The molecule has 0 saturated heterocycles. The van der Waals surface area contributed by atoms with Crippen molar-refractivity contribution in [3.8, 4) is 89.0 Å². The minimum Gasteiger partial charge on any atom is -0.453 e. The lowest BCUT2D eigenvalue weighted by Gasteiger charge is -2.45. The number of hydrogen-bond donors (Lipinski definition) is 0. The summed E-state index contributed by atoms with van der Waals surface area (Å²) >= 11 is 0. The highest BCUT2D eigenvalue weighted by Crippen LogP contribution is 2.67. The molecule has 0 saturated carbocycles. The van der Waals surface area contributed by atoms with Crippen LogP contribution in [0, 0.1) is 0 Å². The van der Waals surface area contributed by atoms with E-state index in [1.54, 1.807) is 0 Å². The van der Waals surface area contributed by atoms with Gasteiger partial charge < -0.3 is 28.4 Å². The summed E-state index contributed by atoms with van der Waals surface area (Å²) in [6, 6.07) is 194. The van der Waals surface area contributed by atoms with Gasteiger partial charge >= 0.3 is 0 Å². The lowest BCUT2D eigenvalue weighted by molar-refractivity contribution is 0.670. The van der Waals surface area contributed by atoms with E-state index in [9.17, 15) is 0 Å². The molecule has 0 radical (unpaired) electrons. The Morgan fingerprint density at radius 3 is 0.793 bits per heavy atom. The molecule has 22 aromatic carbocycles. The van der Waals surface area contributed by atoms with Gasteiger partial charge in [0.05, 0.1) is 50.6 Å². The van der Waals surface area contributed by atoms with E-state index in [0.717, 1.165) is 123 Å². The second kappa shape index (κ2) is 33.3. The van der Waals surface area contributed by atoms with Crippen molar-refractivity contribution in [3.05, 3.63) is 578 Å². The largest absolute Gasteiger partial charge is 0.453 e. The predicted octanol–water partition coefficient (Wildman–Crippen LogP) is 36.4. The van der Waals surface area contributed by atoms with Crippen LogP contribution in [0.1, 0.15) is 44.5 Å². The molecule has 0 unspecified atom stereocenters. The second-order valence-electron chi connectivity index (χ2n) is 36.7. The first kappa shape index (κ1) is 81.2. The second-order valence-corrected chi connectivity index (χ2v) is 36.7. The molecular formula is C134H88N4O2. The van der Waals surface area contributed by atoms with Gasteiger partial charge in [-0.25, -0.2) is 0 Å². The quantitative estimate of drug-likeness (QED) is 0.108. The molecule has 0 bridgehead atoms. The van der Waals surface area contributed by atoms with Crippen molar-refractivity contribution in [2.24, 2.45) is 0 Å². The first-order chi connectivity index (χ1) is 69.5. The van der Waals surface area contributed by atoms with Gasteiger partial charge in [-0.3, -0.25) is 0 Å². The summed E-state index contributed by atoms with van der Waals surface area (Å²) < 4.78 is 14.7. The molecule has 2 aliphatic heterocycles. The zero-order valence-corrected chi connectivity index (χ0v) is 76.4. The minimum atomic E-state index is -0.571. The molecule has 2 aromatic heterocycles. The number of furan rings is 2. The Morgan fingerprint density at radius 2 is 0.414 bits per heavy atom. The monoisotopic (exact) mass is 1780 g/mol. The third-order valence-electron chi connectivity index (χ3n) is 29.4. The van der Waals surface area contributed by atoms with E-state index in [1.165, 1.54) is 123 Å². The van der Waals surface area contributed by atoms with Crippen LogP contribution in [-0.2, 0) is 10.8 Å². The van der Waals surface area contributed by atoms with Crippen molar-refractivity contribution in [1.29, 1.82) is 0 Å². The van der Waals surface area contributed by atoms with Crippen LogP contribution < -0.4 is 19.6 Å². The van der Waals surface area contributed by atoms with Crippen LogP contribution in [0.5, 0.6) is 0 Å². The molecule has 0 fully saturated rings. The summed E-state index contributed by atoms with van der Waals surface area (Å²) in [7, 11) is 0. The van der Waals surface area contributed by atoms with Crippen LogP contribution in [0.4, 0.5) is 68.2 Å². The Morgan fingerprint density at radius 1 is 0.157 bits per heavy atom. The highest BCUT2D eigenvalue weighted by atomic mass is 16.3. The number of nitrogens with zero attached hydrogens (tertiary/aromatic N) is 4. The van der Waals surface area contributed by atoms with E-state index < -0.39 is 10.8 Å². The van der Waals surface area contributed by atoms with Crippen LogP contribution in [0.2, 0.25) is 0 Å². The number of para-hydroxylation sites is 11. The van der Waals surface area contributed by atoms with Crippen LogP contribution in [-0.4, -0.2) is 0 Å². The number of fused-ring (bicyclic) bond motifs is 24. The van der Waals surface area contributed by atoms with Crippen molar-refractivity contribution in [3.63, 3.8) is 0 Å². The fourth-order valence-corrected chi connectivity index (χ4v) is 23.3. The molecule has 24 aromatic rings. The first-order valence-corrected chi connectivity index (χ1v) is 48.2. The number of hydrogen-bond acceptors (Lipinski definition) is 6. The molecule has 2 spiro atoms. The zero-order valence-electron chi connectivity index (χ0n) is 76.4.